The Morgan fingerprint density at radius 2 is 2.44 bits per heavy atom. The van der Waals surface area contributed by atoms with Crippen molar-refractivity contribution in [2.45, 2.75) is 39.3 Å². The van der Waals surface area contributed by atoms with Crippen LogP contribution in [0.3, 0.4) is 0 Å². The quantitative estimate of drug-likeness (QED) is 0.819. The maximum absolute atomic E-state index is 5.90. The van der Waals surface area contributed by atoms with E-state index in [1.165, 1.54) is 6.42 Å². The molecule has 2 unspecified atom stereocenters. The average Bonchev–Trinajstić information content (AvgIpc) is 2.87. The number of hydrogen-bond donors (Lipinski definition) is 1. The third-order valence-corrected chi connectivity index (χ3v) is 3.23. The van der Waals surface area contributed by atoms with Crippen LogP contribution in [0.15, 0.2) is 4.52 Å². The molecule has 2 N–H and O–H groups in total. The van der Waals surface area contributed by atoms with Crippen LogP contribution in [-0.4, -0.2) is 34.2 Å². The average molecular weight is 224 g/mol. The van der Waals surface area contributed by atoms with Gasteiger partial charge in [-0.25, -0.2) is 0 Å². The van der Waals surface area contributed by atoms with Gasteiger partial charge in [-0.05, 0) is 25.8 Å². The Labute approximate surface area is 96.0 Å². The summed E-state index contributed by atoms with van der Waals surface area (Å²) >= 11 is 0. The minimum absolute atomic E-state index is 0.279. The number of nitrogens with zero attached hydrogens (tertiary/aromatic N) is 3. The summed E-state index contributed by atoms with van der Waals surface area (Å²) in [5.74, 6) is 2.12. The van der Waals surface area contributed by atoms with Gasteiger partial charge < -0.3 is 10.3 Å². The summed E-state index contributed by atoms with van der Waals surface area (Å²) in [4.78, 5) is 6.66. The number of nitrogens with two attached hydrogens (primary N) is 1. The van der Waals surface area contributed by atoms with Gasteiger partial charge in [0.25, 0.3) is 0 Å². The first-order chi connectivity index (χ1) is 7.69. The van der Waals surface area contributed by atoms with E-state index in [0.717, 1.165) is 37.8 Å². The van der Waals surface area contributed by atoms with E-state index in [0.29, 0.717) is 5.92 Å². The molecule has 0 aromatic carbocycles. The summed E-state index contributed by atoms with van der Waals surface area (Å²) in [6.07, 6.45) is 1.98. The third kappa shape index (κ3) is 2.59. The molecule has 1 fully saturated rings. The van der Waals surface area contributed by atoms with Crippen molar-refractivity contribution in [3.63, 3.8) is 0 Å². The van der Waals surface area contributed by atoms with E-state index >= 15 is 0 Å². The molecule has 90 valence electrons. The summed E-state index contributed by atoms with van der Waals surface area (Å²) in [6.45, 7) is 7.01. The van der Waals surface area contributed by atoms with Crippen LogP contribution in [0, 0.1) is 5.92 Å². The number of rotatable bonds is 4. The fourth-order valence-corrected chi connectivity index (χ4v) is 2.13. The zero-order valence-electron chi connectivity index (χ0n) is 10.0. The maximum atomic E-state index is 5.90. The highest BCUT2D eigenvalue weighted by molar-refractivity contribution is 4.89. The SMILES string of the molecule is CCc1nc(CN2CCC(C(C)N)C2)no1. The highest BCUT2D eigenvalue weighted by atomic mass is 16.5. The molecule has 1 saturated heterocycles. The van der Waals surface area contributed by atoms with E-state index in [9.17, 15) is 0 Å². The van der Waals surface area contributed by atoms with E-state index in [1.54, 1.807) is 0 Å². The molecule has 1 aromatic rings. The highest BCUT2D eigenvalue weighted by Gasteiger charge is 2.25. The molecule has 0 spiro atoms. The Hall–Kier alpha value is -0.940. The van der Waals surface area contributed by atoms with Gasteiger partial charge in [0.05, 0.1) is 6.54 Å². The summed E-state index contributed by atoms with van der Waals surface area (Å²) in [7, 11) is 0. The second kappa shape index (κ2) is 4.93. The fraction of sp³-hybridized carbons (Fsp3) is 0.818. The minimum Gasteiger partial charge on any atom is -0.339 e. The lowest BCUT2D eigenvalue weighted by Crippen LogP contribution is -2.29. The summed E-state index contributed by atoms with van der Waals surface area (Å²) in [5, 5.41) is 3.96. The smallest absolute Gasteiger partial charge is 0.226 e. The summed E-state index contributed by atoms with van der Waals surface area (Å²) < 4.78 is 5.09. The van der Waals surface area contributed by atoms with Crippen molar-refractivity contribution < 1.29 is 4.52 Å². The molecule has 0 radical (unpaired) electrons. The van der Waals surface area contributed by atoms with Crippen molar-refractivity contribution in [1.82, 2.24) is 15.0 Å². The molecule has 5 heteroatoms. The molecule has 2 heterocycles. The normalized spacial score (nSPS) is 23.8. The van der Waals surface area contributed by atoms with Crippen LogP contribution in [0.25, 0.3) is 0 Å². The van der Waals surface area contributed by atoms with Crippen molar-refractivity contribution in [2.24, 2.45) is 11.7 Å². The Morgan fingerprint density at radius 3 is 3.00 bits per heavy atom. The lowest BCUT2D eigenvalue weighted by molar-refractivity contribution is 0.292. The van der Waals surface area contributed by atoms with Gasteiger partial charge in [-0.15, -0.1) is 0 Å². The third-order valence-electron chi connectivity index (χ3n) is 3.23. The Balaban J connectivity index is 1.87. The van der Waals surface area contributed by atoms with Gasteiger partial charge in [0.15, 0.2) is 5.82 Å². The van der Waals surface area contributed by atoms with Crippen LogP contribution in [-0.2, 0) is 13.0 Å². The molecular weight excluding hydrogens is 204 g/mol. The zero-order valence-corrected chi connectivity index (χ0v) is 10.0. The molecule has 1 aliphatic rings. The topological polar surface area (TPSA) is 68.2 Å². The zero-order chi connectivity index (χ0) is 11.5. The van der Waals surface area contributed by atoms with Crippen LogP contribution in [0.1, 0.15) is 32.0 Å². The molecule has 0 amide bonds. The van der Waals surface area contributed by atoms with Crippen molar-refractivity contribution in [3.05, 3.63) is 11.7 Å². The van der Waals surface area contributed by atoms with Crippen LogP contribution in [0.4, 0.5) is 0 Å². The molecule has 2 atom stereocenters. The van der Waals surface area contributed by atoms with Gasteiger partial charge >= 0.3 is 0 Å². The number of hydrogen-bond acceptors (Lipinski definition) is 5. The second-order valence-corrected chi connectivity index (χ2v) is 4.60. The summed E-state index contributed by atoms with van der Waals surface area (Å²) in [6, 6.07) is 0.279. The molecule has 2 rings (SSSR count). The van der Waals surface area contributed by atoms with Crippen LogP contribution >= 0.6 is 0 Å². The molecule has 0 saturated carbocycles. The highest BCUT2D eigenvalue weighted by Crippen LogP contribution is 2.19. The lowest BCUT2D eigenvalue weighted by atomic mass is 10.0. The molecule has 16 heavy (non-hydrogen) atoms. The molecule has 0 bridgehead atoms. The van der Waals surface area contributed by atoms with Gasteiger partial charge in [-0.3, -0.25) is 4.90 Å². The van der Waals surface area contributed by atoms with Crippen LogP contribution < -0.4 is 5.73 Å². The molecule has 1 aromatic heterocycles. The van der Waals surface area contributed by atoms with Gasteiger partial charge in [0, 0.05) is 19.0 Å². The Morgan fingerprint density at radius 1 is 1.62 bits per heavy atom. The van der Waals surface area contributed by atoms with Crippen LogP contribution in [0.5, 0.6) is 0 Å². The number of likely N-dealkylation sites (tertiary alicyclic amines) is 1. The van der Waals surface area contributed by atoms with Crippen molar-refractivity contribution in [1.29, 1.82) is 0 Å². The largest absolute Gasteiger partial charge is 0.339 e. The van der Waals surface area contributed by atoms with E-state index in [2.05, 4.69) is 22.0 Å². The van der Waals surface area contributed by atoms with Gasteiger partial charge in [-0.2, -0.15) is 4.98 Å². The summed E-state index contributed by atoms with van der Waals surface area (Å²) in [5.41, 5.74) is 5.90. The van der Waals surface area contributed by atoms with Gasteiger partial charge in [0.2, 0.25) is 5.89 Å². The predicted molar refractivity (Wildman–Crippen MR) is 60.7 cm³/mol. The first-order valence-corrected chi connectivity index (χ1v) is 5.98. The Kier molecular flexibility index (Phi) is 3.56. The van der Waals surface area contributed by atoms with E-state index < -0.39 is 0 Å². The maximum Gasteiger partial charge on any atom is 0.226 e. The monoisotopic (exact) mass is 224 g/mol. The number of aryl methyl sites for hydroxylation is 1. The van der Waals surface area contributed by atoms with Gasteiger partial charge in [0.1, 0.15) is 0 Å². The fourth-order valence-electron chi connectivity index (χ4n) is 2.13. The molecular formula is C11H20N4O. The Bertz CT molecular complexity index is 336. The van der Waals surface area contributed by atoms with Gasteiger partial charge in [-0.1, -0.05) is 12.1 Å². The van der Waals surface area contributed by atoms with E-state index in [-0.39, 0.29) is 6.04 Å². The van der Waals surface area contributed by atoms with Crippen molar-refractivity contribution in [2.75, 3.05) is 13.1 Å². The standard InChI is InChI=1S/C11H20N4O/c1-3-11-13-10(14-16-11)7-15-5-4-9(6-15)8(2)12/h8-9H,3-7,12H2,1-2H3. The van der Waals surface area contributed by atoms with Crippen molar-refractivity contribution >= 4 is 0 Å². The molecule has 5 nitrogen and oxygen atoms in total. The van der Waals surface area contributed by atoms with Crippen molar-refractivity contribution in [3.8, 4) is 0 Å². The van der Waals surface area contributed by atoms with E-state index in [1.807, 2.05) is 6.92 Å². The lowest BCUT2D eigenvalue weighted by Gasteiger charge is -2.15. The molecule has 1 aliphatic heterocycles. The minimum atomic E-state index is 0.279. The second-order valence-electron chi connectivity index (χ2n) is 4.60. The number of aromatic nitrogens is 2. The predicted octanol–water partition coefficient (Wildman–Crippen LogP) is 0.801. The first kappa shape index (κ1) is 11.5. The van der Waals surface area contributed by atoms with E-state index in [4.69, 9.17) is 10.3 Å². The van der Waals surface area contributed by atoms with Crippen LogP contribution in [0.2, 0.25) is 0 Å². The first-order valence-electron chi connectivity index (χ1n) is 5.98. The molecule has 0 aliphatic carbocycles.